The van der Waals surface area contributed by atoms with Gasteiger partial charge in [0.05, 0.1) is 6.54 Å². The fourth-order valence-electron chi connectivity index (χ4n) is 2.45. The van der Waals surface area contributed by atoms with Crippen LogP contribution in [-0.4, -0.2) is 36.9 Å². The summed E-state index contributed by atoms with van der Waals surface area (Å²) in [6.07, 6.45) is 0. The van der Waals surface area contributed by atoms with E-state index in [4.69, 9.17) is 0 Å². The van der Waals surface area contributed by atoms with Crippen LogP contribution in [-0.2, 0) is 4.79 Å². The zero-order valence-corrected chi connectivity index (χ0v) is 16.6. The summed E-state index contributed by atoms with van der Waals surface area (Å²) in [5.41, 5.74) is 1.83. The summed E-state index contributed by atoms with van der Waals surface area (Å²) in [5, 5.41) is 11.2. The monoisotopic (exact) mass is 382 g/mol. The van der Waals surface area contributed by atoms with E-state index in [0.717, 1.165) is 0 Å². The molecule has 0 aliphatic rings. The maximum absolute atomic E-state index is 12.3. The van der Waals surface area contributed by atoms with Gasteiger partial charge in [0.25, 0.3) is 11.8 Å². The molecular formula is C21H26N4O3. The van der Waals surface area contributed by atoms with Crippen molar-refractivity contribution < 1.29 is 14.4 Å². The van der Waals surface area contributed by atoms with E-state index < -0.39 is 0 Å². The number of nitrogens with one attached hydrogen (secondary N) is 4. The minimum absolute atomic E-state index is 0.0234. The molecule has 2 rings (SSSR count). The Morgan fingerprint density at radius 3 is 2.04 bits per heavy atom. The molecule has 148 valence electrons. The van der Waals surface area contributed by atoms with E-state index >= 15 is 0 Å². The van der Waals surface area contributed by atoms with Crippen LogP contribution >= 0.6 is 0 Å². The van der Waals surface area contributed by atoms with Crippen LogP contribution in [0.5, 0.6) is 0 Å². The number of carbonyl (C=O) groups excluding carboxylic acids is 3. The molecular weight excluding hydrogens is 356 g/mol. The van der Waals surface area contributed by atoms with Gasteiger partial charge >= 0.3 is 0 Å². The summed E-state index contributed by atoms with van der Waals surface area (Å²) in [6.45, 7) is 5.74. The zero-order chi connectivity index (χ0) is 20.7. The molecule has 4 N–H and O–H groups in total. The Hall–Kier alpha value is -3.35. The first-order chi connectivity index (χ1) is 13.2. The van der Waals surface area contributed by atoms with Gasteiger partial charge in [-0.15, -0.1) is 0 Å². The number of anilines is 2. The summed E-state index contributed by atoms with van der Waals surface area (Å²) in [7, 11) is 1.56. The van der Waals surface area contributed by atoms with Gasteiger partial charge < -0.3 is 21.3 Å². The summed E-state index contributed by atoms with van der Waals surface area (Å²) in [5.74, 6) is -0.662. The molecule has 0 bridgehead atoms. The van der Waals surface area contributed by atoms with Gasteiger partial charge in [0.15, 0.2) is 0 Å². The van der Waals surface area contributed by atoms with Gasteiger partial charge in [0.1, 0.15) is 0 Å². The quantitative estimate of drug-likeness (QED) is 0.617. The summed E-state index contributed by atoms with van der Waals surface area (Å²) in [4.78, 5) is 36.1. The van der Waals surface area contributed by atoms with Gasteiger partial charge in [0.2, 0.25) is 5.91 Å². The first-order valence-corrected chi connectivity index (χ1v) is 8.96. The second kappa shape index (κ2) is 9.03. The van der Waals surface area contributed by atoms with Crippen LogP contribution < -0.4 is 21.3 Å². The lowest BCUT2D eigenvalue weighted by atomic mass is 10.1. The van der Waals surface area contributed by atoms with Crippen LogP contribution in [0.4, 0.5) is 11.4 Å². The number of amides is 3. The van der Waals surface area contributed by atoms with Gasteiger partial charge in [-0.2, -0.15) is 0 Å². The number of rotatable bonds is 6. The van der Waals surface area contributed by atoms with Crippen molar-refractivity contribution in [2.24, 2.45) is 0 Å². The Morgan fingerprint density at radius 1 is 0.857 bits per heavy atom. The van der Waals surface area contributed by atoms with Crippen molar-refractivity contribution in [3.05, 3.63) is 59.7 Å². The highest BCUT2D eigenvalue weighted by atomic mass is 16.2. The predicted molar refractivity (Wildman–Crippen MR) is 111 cm³/mol. The van der Waals surface area contributed by atoms with Crippen LogP contribution in [0.2, 0.25) is 0 Å². The average Bonchev–Trinajstić information content (AvgIpc) is 2.65. The molecule has 2 aromatic rings. The van der Waals surface area contributed by atoms with E-state index in [-0.39, 0.29) is 29.8 Å². The number of hydrogen-bond acceptors (Lipinski definition) is 4. The summed E-state index contributed by atoms with van der Waals surface area (Å²) in [6, 6.07) is 13.6. The summed E-state index contributed by atoms with van der Waals surface area (Å²) < 4.78 is 0. The van der Waals surface area contributed by atoms with Crippen LogP contribution in [0.15, 0.2) is 48.5 Å². The smallest absolute Gasteiger partial charge is 0.251 e. The lowest BCUT2D eigenvalue weighted by Gasteiger charge is -2.20. The normalized spacial score (nSPS) is 10.7. The Labute approximate surface area is 164 Å². The minimum Gasteiger partial charge on any atom is -0.376 e. The average molecular weight is 382 g/mol. The number of carbonyl (C=O) groups is 3. The Morgan fingerprint density at radius 2 is 1.43 bits per heavy atom. The summed E-state index contributed by atoms with van der Waals surface area (Å²) >= 11 is 0. The van der Waals surface area contributed by atoms with E-state index in [0.29, 0.717) is 22.5 Å². The molecule has 7 nitrogen and oxygen atoms in total. The molecule has 0 aliphatic heterocycles. The molecule has 28 heavy (non-hydrogen) atoms. The Kier molecular flexibility index (Phi) is 6.76. The first kappa shape index (κ1) is 21.0. The highest BCUT2D eigenvalue weighted by Gasteiger charge is 2.15. The first-order valence-electron chi connectivity index (χ1n) is 8.96. The van der Waals surface area contributed by atoms with Crippen molar-refractivity contribution in [3.63, 3.8) is 0 Å². The van der Waals surface area contributed by atoms with Crippen molar-refractivity contribution in [2.45, 2.75) is 26.3 Å². The maximum Gasteiger partial charge on any atom is 0.251 e. The predicted octanol–water partition coefficient (Wildman–Crippen LogP) is 2.63. The third-order valence-corrected chi connectivity index (χ3v) is 3.70. The van der Waals surface area contributed by atoms with Gasteiger partial charge in [0, 0.05) is 35.1 Å². The number of hydrogen-bond donors (Lipinski definition) is 4. The Bertz CT molecular complexity index is 872. The Balaban J connectivity index is 1.96. The van der Waals surface area contributed by atoms with Crippen LogP contribution in [0.1, 0.15) is 41.5 Å². The fraction of sp³-hybridized carbons (Fsp3) is 0.286. The zero-order valence-electron chi connectivity index (χ0n) is 16.6. The molecule has 2 aromatic carbocycles. The van der Waals surface area contributed by atoms with E-state index in [1.165, 1.54) is 0 Å². The molecule has 0 aromatic heterocycles. The second-order valence-corrected chi connectivity index (χ2v) is 7.35. The second-order valence-electron chi connectivity index (χ2n) is 7.35. The highest BCUT2D eigenvalue weighted by molar-refractivity contribution is 5.98. The largest absolute Gasteiger partial charge is 0.376 e. The molecule has 0 unspecified atom stereocenters. The molecule has 7 heteroatoms. The molecule has 0 aliphatic carbocycles. The maximum atomic E-state index is 12.3. The minimum atomic E-state index is -0.344. The van der Waals surface area contributed by atoms with Gasteiger partial charge in [-0.3, -0.25) is 14.4 Å². The standard InChI is InChI=1S/C21H26N4O3/c1-21(2,3)25-20(28)15-8-6-10-17(12-15)24-18(26)13-23-16-9-5-7-14(11-16)19(27)22-4/h5-12,23H,13H2,1-4H3,(H,22,27)(H,24,26)(H,25,28). The molecule has 0 saturated heterocycles. The highest BCUT2D eigenvalue weighted by Crippen LogP contribution is 2.13. The molecule has 0 spiro atoms. The van der Waals surface area contributed by atoms with E-state index in [1.54, 1.807) is 55.6 Å². The molecule has 0 heterocycles. The number of benzene rings is 2. The van der Waals surface area contributed by atoms with Gasteiger partial charge in [-0.1, -0.05) is 12.1 Å². The van der Waals surface area contributed by atoms with Crippen molar-refractivity contribution in [1.82, 2.24) is 10.6 Å². The van der Waals surface area contributed by atoms with Crippen molar-refractivity contribution in [3.8, 4) is 0 Å². The lowest BCUT2D eigenvalue weighted by Crippen LogP contribution is -2.40. The van der Waals surface area contributed by atoms with Gasteiger partial charge in [-0.25, -0.2) is 0 Å². The molecule has 0 saturated carbocycles. The van der Waals surface area contributed by atoms with Crippen LogP contribution in [0.25, 0.3) is 0 Å². The third kappa shape index (κ3) is 6.42. The molecule has 0 radical (unpaired) electrons. The van der Waals surface area contributed by atoms with E-state index in [2.05, 4.69) is 21.3 Å². The molecule has 3 amide bonds. The van der Waals surface area contributed by atoms with Crippen molar-refractivity contribution in [1.29, 1.82) is 0 Å². The lowest BCUT2D eigenvalue weighted by molar-refractivity contribution is -0.114. The molecule has 0 fully saturated rings. The SMILES string of the molecule is CNC(=O)c1cccc(NCC(=O)Nc2cccc(C(=O)NC(C)(C)C)c2)c1. The van der Waals surface area contributed by atoms with Crippen molar-refractivity contribution >= 4 is 29.1 Å². The van der Waals surface area contributed by atoms with Crippen LogP contribution in [0, 0.1) is 0 Å². The van der Waals surface area contributed by atoms with E-state index in [1.807, 2.05) is 20.8 Å². The van der Waals surface area contributed by atoms with Gasteiger partial charge in [-0.05, 0) is 57.2 Å². The topological polar surface area (TPSA) is 99.3 Å². The van der Waals surface area contributed by atoms with E-state index in [9.17, 15) is 14.4 Å². The fourth-order valence-corrected chi connectivity index (χ4v) is 2.45. The van der Waals surface area contributed by atoms with Crippen molar-refractivity contribution in [2.75, 3.05) is 24.2 Å². The molecule has 0 atom stereocenters. The van der Waals surface area contributed by atoms with Crippen LogP contribution in [0.3, 0.4) is 0 Å². The third-order valence-electron chi connectivity index (χ3n) is 3.70.